The van der Waals surface area contributed by atoms with Crippen LogP contribution in [0.1, 0.15) is 16.8 Å². The molecule has 1 heterocycles. The molecule has 1 aliphatic heterocycles. The van der Waals surface area contributed by atoms with Crippen LogP contribution in [-0.2, 0) is 9.59 Å². The van der Waals surface area contributed by atoms with E-state index in [1.807, 2.05) is 0 Å². The summed E-state index contributed by atoms with van der Waals surface area (Å²) in [5, 5.41) is 2.78. The van der Waals surface area contributed by atoms with Crippen molar-refractivity contribution >= 4 is 23.4 Å². The van der Waals surface area contributed by atoms with Crippen LogP contribution in [0.3, 0.4) is 0 Å². The summed E-state index contributed by atoms with van der Waals surface area (Å²) in [5.74, 6) is -1.20. The Balaban J connectivity index is 2.37. The van der Waals surface area contributed by atoms with Gasteiger partial charge in [-0.3, -0.25) is 14.4 Å². The second kappa shape index (κ2) is 4.58. The summed E-state index contributed by atoms with van der Waals surface area (Å²) in [5.41, 5.74) is 5.80. The topological polar surface area (TPSA) is 92.5 Å². The molecular formula is C12H13N3O3. The van der Waals surface area contributed by atoms with Gasteiger partial charge in [-0.1, -0.05) is 6.07 Å². The van der Waals surface area contributed by atoms with Crippen molar-refractivity contribution in [1.29, 1.82) is 0 Å². The molecule has 3 N–H and O–H groups in total. The lowest BCUT2D eigenvalue weighted by Gasteiger charge is -2.15. The van der Waals surface area contributed by atoms with Gasteiger partial charge >= 0.3 is 0 Å². The normalized spacial score (nSPS) is 19.4. The van der Waals surface area contributed by atoms with Crippen molar-refractivity contribution in [1.82, 2.24) is 5.32 Å². The van der Waals surface area contributed by atoms with Crippen LogP contribution in [-0.4, -0.2) is 30.8 Å². The van der Waals surface area contributed by atoms with Crippen LogP contribution in [0.4, 0.5) is 5.69 Å². The highest BCUT2D eigenvalue weighted by Crippen LogP contribution is 2.23. The lowest BCUT2D eigenvalue weighted by Crippen LogP contribution is -2.37. The zero-order valence-corrected chi connectivity index (χ0v) is 9.84. The van der Waals surface area contributed by atoms with E-state index in [4.69, 9.17) is 5.73 Å². The summed E-state index contributed by atoms with van der Waals surface area (Å²) in [6, 6.07) is 5.65. The zero-order chi connectivity index (χ0) is 13.3. The second-order valence-electron chi connectivity index (χ2n) is 4.03. The minimum Gasteiger partial charge on any atom is -0.366 e. The molecule has 0 spiro atoms. The van der Waals surface area contributed by atoms with Gasteiger partial charge < -0.3 is 11.1 Å². The Bertz CT molecular complexity index is 527. The number of anilines is 1. The largest absolute Gasteiger partial charge is 0.366 e. The number of carbonyl (C=O) groups is 3. The van der Waals surface area contributed by atoms with Crippen molar-refractivity contribution in [2.75, 3.05) is 11.9 Å². The van der Waals surface area contributed by atoms with Crippen molar-refractivity contribution in [3.05, 3.63) is 29.8 Å². The number of hydrogen-bond acceptors (Lipinski definition) is 4. The first kappa shape index (κ1) is 12.3. The van der Waals surface area contributed by atoms with Crippen molar-refractivity contribution < 1.29 is 14.4 Å². The molecule has 0 aromatic heterocycles. The van der Waals surface area contributed by atoms with E-state index >= 15 is 0 Å². The van der Waals surface area contributed by atoms with Crippen molar-refractivity contribution in [3.63, 3.8) is 0 Å². The Morgan fingerprint density at radius 3 is 2.72 bits per heavy atom. The Hall–Kier alpha value is -2.21. The molecule has 18 heavy (non-hydrogen) atoms. The Labute approximate surface area is 104 Å². The average Bonchev–Trinajstić information content (AvgIpc) is 2.64. The number of carbonyl (C=O) groups excluding carboxylic acids is 3. The molecule has 1 aromatic carbocycles. The van der Waals surface area contributed by atoms with Gasteiger partial charge in [-0.2, -0.15) is 0 Å². The molecule has 0 radical (unpaired) electrons. The number of rotatable bonds is 3. The minimum absolute atomic E-state index is 0.121. The van der Waals surface area contributed by atoms with Gasteiger partial charge in [-0.15, -0.1) is 0 Å². The van der Waals surface area contributed by atoms with E-state index < -0.39 is 11.9 Å². The molecule has 0 aliphatic carbocycles. The van der Waals surface area contributed by atoms with E-state index in [1.165, 1.54) is 12.1 Å². The van der Waals surface area contributed by atoms with Gasteiger partial charge in [0.15, 0.2) is 0 Å². The number of primary amides is 1. The van der Waals surface area contributed by atoms with Gasteiger partial charge in [-0.25, -0.2) is 4.90 Å². The predicted molar refractivity (Wildman–Crippen MR) is 64.9 cm³/mol. The number of likely N-dealkylation sites (N-methyl/N-ethyl adjacent to an activating group) is 1. The van der Waals surface area contributed by atoms with Gasteiger partial charge in [0, 0.05) is 5.56 Å². The fourth-order valence-electron chi connectivity index (χ4n) is 1.93. The SMILES string of the molecule is CNC1CC(=O)N(c2cccc(C(N)=O)c2)C1=O. The number of nitrogens with two attached hydrogens (primary N) is 1. The summed E-state index contributed by atoms with van der Waals surface area (Å²) < 4.78 is 0. The molecule has 1 aromatic rings. The number of nitrogens with zero attached hydrogens (tertiary/aromatic N) is 1. The zero-order valence-electron chi connectivity index (χ0n) is 9.84. The quantitative estimate of drug-likeness (QED) is 0.713. The molecule has 1 unspecified atom stereocenters. The van der Waals surface area contributed by atoms with Crippen molar-refractivity contribution in [2.45, 2.75) is 12.5 Å². The van der Waals surface area contributed by atoms with E-state index in [0.717, 1.165) is 4.90 Å². The molecule has 1 saturated heterocycles. The molecular weight excluding hydrogens is 234 g/mol. The first-order valence-electron chi connectivity index (χ1n) is 5.48. The van der Waals surface area contributed by atoms with Crippen LogP contribution in [0, 0.1) is 0 Å². The third kappa shape index (κ3) is 1.98. The van der Waals surface area contributed by atoms with E-state index in [2.05, 4.69) is 5.32 Å². The number of amides is 3. The van der Waals surface area contributed by atoms with Crippen LogP contribution in [0.2, 0.25) is 0 Å². The molecule has 2 rings (SSSR count). The van der Waals surface area contributed by atoms with E-state index in [1.54, 1.807) is 19.2 Å². The third-order valence-electron chi connectivity index (χ3n) is 2.88. The minimum atomic E-state index is -0.596. The number of benzene rings is 1. The first-order valence-corrected chi connectivity index (χ1v) is 5.48. The monoisotopic (exact) mass is 247 g/mol. The molecule has 94 valence electrons. The fourth-order valence-corrected chi connectivity index (χ4v) is 1.93. The number of nitrogens with one attached hydrogen (secondary N) is 1. The van der Waals surface area contributed by atoms with Gasteiger partial charge in [0.25, 0.3) is 5.91 Å². The summed E-state index contributed by atoms with van der Waals surface area (Å²) in [4.78, 5) is 35.9. The molecule has 1 aliphatic rings. The standard InChI is InChI=1S/C12H13N3O3/c1-14-9-6-10(16)15(12(9)18)8-4-2-3-7(5-8)11(13)17/h2-5,9,14H,6H2,1H3,(H2,13,17). The maximum absolute atomic E-state index is 12.0. The lowest BCUT2D eigenvalue weighted by atomic mass is 10.2. The van der Waals surface area contributed by atoms with Gasteiger partial charge in [0.1, 0.15) is 0 Å². The summed E-state index contributed by atoms with van der Waals surface area (Å²) in [6.45, 7) is 0. The molecule has 1 fully saturated rings. The van der Waals surface area contributed by atoms with Crippen LogP contribution < -0.4 is 16.0 Å². The van der Waals surface area contributed by atoms with Gasteiger partial charge in [0.2, 0.25) is 11.8 Å². The highest BCUT2D eigenvalue weighted by atomic mass is 16.2. The van der Waals surface area contributed by atoms with Crippen LogP contribution >= 0.6 is 0 Å². The number of hydrogen-bond donors (Lipinski definition) is 2. The molecule has 3 amide bonds. The third-order valence-corrected chi connectivity index (χ3v) is 2.88. The molecule has 6 heteroatoms. The number of imide groups is 1. The summed E-state index contributed by atoms with van der Waals surface area (Å²) in [7, 11) is 1.62. The highest BCUT2D eigenvalue weighted by Gasteiger charge is 2.38. The van der Waals surface area contributed by atoms with Crippen molar-refractivity contribution in [2.24, 2.45) is 5.73 Å². The van der Waals surface area contributed by atoms with Crippen LogP contribution in [0.5, 0.6) is 0 Å². The van der Waals surface area contributed by atoms with E-state index in [0.29, 0.717) is 5.69 Å². The highest BCUT2D eigenvalue weighted by molar-refractivity contribution is 6.22. The van der Waals surface area contributed by atoms with Gasteiger partial charge in [0.05, 0.1) is 18.2 Å². The Morgan fingerprint density at radius 1 is 1.44 bits per heavy atom. The lowest BCUT2D eigenvalue weighted by molar-refractivity contribution is -0.121. The fraction of sp³-hybridized carbons (Fsp3) is 0.250. The maximum atomic E-state index is 12.0. The molecule has 6 nitrogen and oxygen atoms in total. The van der Waals surface area contributed by atoms with Crippen LogP contribution in [0.25, 0.3) is 0 Å². The smallest absolute Gasteiger partial charge is 0.251 e. The summed E-state index contributed by atoms with van der Waals surface area (Å²) in [6.07, 6.45) is 0.121. The first-order chi connectivity index (χ1) is 8.54. The van der Waals surface area contributed by atoms with Crippen LogP contribution in [0.15, 0.2) is 24.3 Å². The van der Waals surface area contributed by atoms with Gasteiger partial charge in [-0.05, 0) is 25.2 Å². The molecule has 0 saturated carbocycles. The predicted octanol–water partition coefficient (Wildman–Crippen LogP) is -0.363. The maximum Gasteiger partial charge on any atom is 0.251 e. The summed E-state index contributed by atoms with van der Waals surface area (Å²) >= 11 is 0. The van der Waals surface area contributed by atoms with Crippen molar-refractivity contribution in [3.8, 4) is 0 Å². The Morgan fingerprint density at radius 2 is 2.17 bits per heavy atom. The Kier molecular flexibility index (Phi) is 3.12. The van der Waals surface area contributed by atoms with E-state index in [9.17, 15) is 14.4 Å². The average molecular weight is 247 g/mol. The second-order valence-corrected chi connectivity index (χ2v) is 4.03. The molecule has 1 atom stereocenters. The van der Waals surface area contributed by atoms with E-state index in [-0.39, 0.29) is 23.8 Å². The molecule has 0 bridgehead atoms.